The van der Waals surface area contributed by atoms with E-state index in [1.807, 2.05) is 0 Å². The number of anilines is 2. The number of nitrogens with two attached hydrogens (primary N) is 1. The molecule has 0 heterocycles. The molecule has 0 saturated carbocycles. The van der Waals surface area contributed by atoms with Crippen molar-refractivity contribution in [3.63, 3.8) is 0 Å². The molecule has 1 aromatic carbocycles. The molecule has 0 aliphatic heterocycles. The Kier molecular flexibility index (Phi) is 6.22. The van der Waals surface area contributed by atoms with Gasteiger partial charge in [-0.2, -0.15) is 8.78 Å². The topological polar surface area (TPSA) is 64.3 Å². The summed E-state index contributed by atoms with van der Waals surface area (Å²) in [7, 11) is 0. The number of rotatable bonds is 7. The molecule has 21 heavy (non-hydrogen) atoms. The molecule has 4 nitrogen and oxygen atoms in total. The third kappa shape index (κ3) is 5.76. The van der Waals surface area contributed by atoms with E-state index in [2.05, 4.69) is 10.1 Å². The zero-order chi connectivity index (χ0) is 16.0. The third-order valence-electron chi connectivity index (χ3n) is 2.35. The lowest BCUT2D eigenvalue weighted by molar-refractivity contribution is -0.166. The largest absolute Gasteiger partial charge is 0.399 e. The van der Waals surface area contributed by atoms with E-state index in [1.165, 1.54) is 18.2 Å². The van der Waals surface area contributed by atoms with Gasteiger partial charge in [0.05, 0.1) is 23.7 Å². The Morgan fingerprint density at radius 3 is 2.67 bits per heavy atom. The predicted molar refractivity (Wildman–Crippen MR) is 70.9 cm³/mol. The van der Waals surface area contributed by atoms with E-state index in [-0.39, 0.29) is 11.4 Å². The number of carbonyl (C=O) groups excluding carboxylic acids is 1. The van der Waals surface area contributed by atoms with E-state index in [1.54, 1.807) is 0 Å². The number of amides is 1. The highest BCUT2D eigenvalue weighted by Gasteiger charge is 2.40. The van der Waals surface area contributed by atoms with Crippen LogP contribution in [-0.4, -0.2) is 31.5 Å². The number of benzene rings is 1. The summed E-state index contributed by atoms with van der Waals surface area (Å²) in [5.74, 6) is -4.78. The summed E-state index contributed by atoms with van der Waals surface area (Å²) in [6, 6.07) is 4.42. The molecule has 118 valence electrons. The molecule has 0 radical (unpaired) electrons. The van der Waals surface area contributed by atoms with Gasteiger partial charge in [-0.15, -0.1) is 0 Å². The number of hydrogen-bond acceptors (Lipinski definition) is 3. The highest BCUT2D eigenvalue weighted by atomic mass is 35.5. The van der Waals surface area contributed by atoms with Gasteiger partial charge in [-0.25, -0.2) is 8.78 Å². The Labute approximate surface area is 123 Å². The second-order valence-corrected chi connectivity index (χ2v) is 4.56. The Bertz CT molecular complexity index is 500. The fourth-order valence-corrected chi connectivity index (χ4v) is 1.52. The van der Waals surface area contributed by atoms with Gasteiger partial charge in [-0.1, -0.05) is 11.6 Å². The normalized spacial score (nSPS) is 11.7. The summed E-state index contributed by atoms with van der Waals surface area (Å²) in [5.41, 5.74) is 6.18. The van der Waals surface area contributed by atoms with Gasteiger partial charge in [0.1, 0.15) is 6.61 Å². The van der Waals surface area contributed by atoms with Crippen LogP contribution in [0.5, 0.6) is 0 Å². The minimum atomic E-state index is -4.23. The Morgan fingerprint density at radius 2 is 2.10 bits per heavy atom. The quantitative estimate of drug-likeness (QED) is 0.459. The Balaban J connectivity index is 2.35. The Morgan fingerprint density at radius 1 is 1.43 bits per heavy atom. The zero-order valence-electron chi connectivity index (χ0n) is 10.7. The van der Waals surface area contributed by atoms with Crippen LogP contribution in [0.1, 0.15) is 6.42 Å². The lowest BCUT2D eigenvalue weighted by Gasteiger charge is -2.15. The molecule has 1 aromatic rings. The first-order chi connectivity index (χ1) is 9.72. The van der Waals surface area contributed by atoms with Crippen molar-refractivity contribution in [1.82, 2.24) is 0 Å². The van der Waals surface area contributed by atoms with Crippen LogP contribution >= 0.6 is 11.6 Å². The molecule has 1 amide bonds. The molecule has 0 fully saturated rings. The van der Waals surface area contributed by atoms with Crippen LogP contribution in [0.2, 0.25) is 5.02 Å². The summed E-state index contributed by atoms with van der Waals surface area (Å²) in [4.78, 5) is 11.5. The van der Waals surface area contributed by atoms with Gasteiger partial charge in [-0.3, -0.25) is 4.79 Å². The third-order valence-corrected chi connectivity index (χ3v) is 2.67. The van der Waals surface area contributed by atoms with Crippen LogP contribution < -0.4 is 11.1 Å². The van der Waals surface area contributed by atoms with E-state index >= 15 is 0 Å². The number of ether oxygens (including phenoxy) is 1. The molecule has 0 bridgehead atoms. The van der Waals surface area contributed by atoms with Crippen molar-refractivity contribution in [3.8, 4) is 0 Å². The molecular formula is C12H13ClF4N2O2. The second kappa shape index (κ2) is 7.46. The minimum absolute atomic E-state index is 0.216. The molecule has 0 saturated heterocycles. The van der Waals surface area contributed by atoms with Gasteiger partial charge in [-0.05, 0) is 18.2 Å². The molecule has 0 unspecified atom stereocenters. The van der Waals surface area contributed by atoms with Crippen molar-refractivity contribution in [2.45, 2.75) is 18.8 Å². The molecule has 0 aliphatic carbocycles. The van der Waals surface area contributed by atoms with Gasteiger partial charge >= 0.3 is 12.3 Å². The lowest BCUT2D eigenvalue weighted by Crippen LogP contribution is -2.32. The van der Waals surface area contributed by atoms with Crippen molar-refractivity contribution in [3.05, 3.63) is 23.2 Å². The highest BCUT2D eigenvalue weighted by Crippen LogP contribution is 2.24. The van der Waals surface area contributed by atoms with Gasteiger partial charge in [0.2, 0.25) is 5.91 Å². The first kappa shape index (κ1) is 17.5. The highest BCUT2D eigenvalue weighted by molar-refractivity contribution is 6.34. The predicted octanol–water partition coefficient (Wildman–Crippen LogP) is 3.17. The van der Waals surface area contributed by atoms with Gasteiger partial charge in [0.15, 0.2) is 0 Å². The molecule has 0 spiro atoms. The van der Waals surface area contributed by atoms with Crippen LogP contribution in [-0.2, 0) is 9.53 Å². The first-order valence-electron chi connectivity index (χ1n) is 5.81. The van der Waals surface area contributed by atoms with E-state index in [0.29, 0.717) is 11.4 Å². The summed E-state index contributed by atoms with van der Waals surface area (Å²) in [5, 5.41) is 2.63. The van der Waals surface area contributed by atoms with Crippen LogP contribution in [0.25, 0.3) is 0 Å². The van der Waals surface area contributed by atoms with Crippen LogP contribution in [0.4, 0.5) is 28.9 Å². The van der Waals surface area contributed by atoms with Crippen molar-refractivity contribution < 1.29 is 27.1 Å². The maximum absolute atomic E-state index is 12.5. The van der Waals surface area contributed by atoms with Gasteiger partial charge < -0.3 is 15.8 Å². The fourth-order valence-electron chi connectivity index (χ4n) is 1.28. The standard InChI is InChI=1S/C12H13ClF4N2O2/c13-8-5-7(18)1-2-9(8)19-10(20)3-4-21-6-12(16,17)11(14)15/h1-2,5,11H,3-4,6,18H2,(H,19,20). The molecule has 1 rings (SSSR count). The SMILES string of the molecule is Nc1ccc(NC(=O)CCOCC(F)(F)C(F)F)c(Cl)c1. The average molecular weight is 329 g/mol. The van der Waals surface area contributed by atoms with Crippen molar-refractivity contribution in [2.24, 2.45) is 0 Å². The number of carbonyl (C=O) groups is 1. The first-order valence-corrected chi connectivity index (χ1v) is 6.19. The number of halogens is 5. The maximum atomic E-state index is 12.5. The molecule has 9 heteroatoms. The van der Waals surface area contributed by atoms with Crippen molar-refractivity contribution in [1.29, 1.82) is 0 Å². The van der Waals surface area contributed by atoms with E-state index in [4.69, 9.17) is 17.3 Å². The van der Waals surface area contributed by atoms with E-state index < -0.39 is 31.5 Å². The number of hydrogen-bond donors (Lipinski definition) is 2. The lowest BCUT2D eigenvalue weighted by atomic mass is 10.2. The van der Waals surface area contributed by atoms with Gasteiger partial charge in [0, 0.05) is 5.69 Å². The summed E-state index contributed by atoms with van der Waals surface area (Å²) in [6.45, 7) is -1.86. The number of nitrogen functional groups attached to an aromatic ring is 1. The van der Waals surface area contributed by atoms with Crippen LogP contribution in [0.15, 0.2) is 18.2 Å². The molecule has 3 N–H and O–H groups in total. The average Bonchev–Trinajstić information content (AvgIpc) is 2.38. The fraction of sp³-hybridized carbons (Fsp3) is 0.417. The summed E-state index contributed by atoms with van der Waals surface area (Å²) < 4.78 is 53.0. The minimum Gasteiger partial charge on any atom is -0.399 e. The zero-order valence-corrected chi connectivity index (χ0v) is 11.5. The van der Waals surface area contributed by atoms with Crippen LogP contribution in [0.3, 0.4) is 0 Å². The molecule has 0 atom stereocenters. The summed E-state index contributed by atoms with van der Waals surface area (Å²) >= 11 is 5.82. The van der Waals surface area contributed by atoms with E-state index in [0.717, 1.165) is 0 Å². The Hall–Kier alpha value is -1.54. The van der Waals surface area contributed by atoms with Crippen LogP contribution in [0, 0.1) is 0 Å². The molecule has 0 aromatic heterocycles. The van der Waals surface area contributed by atoms with Gasteiger partial charge in [0.25, 0.3) is 0 Å². The number of nitrogens with one attached hydrogen (secondary N) is 1. The summed E-state index contributed by atoms with van der Waals surface area (Å²) in [6.07, 6.45) is -4.08. The molecular weight excluding hydrogens is 316 g/mol. The van der Waals surface area contributed by atoms with E-state index in [9.17, 15) is 22.4 Å². The smallest absolute Gasteiger partial charge is 0.330 e. The van der Waals surface area contributed by atoms with Crippen molar-refractivity contribution >= 4 is 28.9 Å². The number of alkyl halides is 4. The molecule has 0 aliphatic rings. The maximum Gasteiger partial charge on any atom is 0.330 e. The second-order valence-electron chi connectivity index (χ2n) is 4.15. The monoisotopic (exact) mass is 328 g/mol. The van der Waals surface area contributed by atoms with Crippen molar-refractivity contribution in [2.75, 3.05) is 24.3 Å².